The van der Waals surface area contributed by atoms with Gasteiger partial charge < -0.3 is 20.1 Å². The van der Waals surface area contributed by atoms with Crippen LogP contribution in [0.5, 0.6) is 0 Å². The van der Waals surface area contributed by atoms with Gasteiger partial charge in [-0.25, -0.2) is 0 Å². The fourth-order valence-electron chi connectivity index (χ4n) is 3.49. The molecule has 2 atom stereocenters. The molecule has 2 N–H and O–H groups in total. The molecule has 4 nitrogen and oxygen atoms in total. The number of likely N-dealkylation sites (N-methyl/N-ethyl adjacent to an activating group) is 1. The van der Waals surface area contributed by atoms with Crippen LogP contribution < -0.4 is 10.6 Å². The van der Waals surface area contributed by atoms with Gasteiger partial charge in [0.15, 0.2) is 0 Å². The number of rotatable bonds is 6. The first-order chi connectivity index (χ1) is 10.3. The standard InChI is InChI=1S/C17H24N2O2/c1-18-17(15-7-8-19-11-15,10-16-12-20-13-21-16)9-14-5-3-2-4-6-14/h2-6,12,15,18-19H,7-11,13H2,1H3. The zero-order chi connectivity index (χ0) is 14.5. The molecule has 2 aliphatic heterocycles. The van der Waals surface area contributed by atoms with Gasteiger partial charge in [-0.3, -0.25) is 0 Å². The first kappa shape index (κ1) is 14.4. The smallest absolute Gasteiger partial charge is 0.229 e. The Morgan fingerprint density at radius 1 is 1.29 bits per heavy atom. The highest BCUT2D eigenvalue weighted by atomic mass is 16.7. The van der Waals surface area contributed by atoms with Crippen molar-refractivity contribution in [2.75, 3.05) is 26.9 Å². The van der Waals surface area contributed by atoms with E-state index in [9.17, 15) is 0 Å². The topological polar surface area (TPSA) is 42.5 Å². The average molecular weight is 288 g/mol. The molecule has 114 valence electrons. The van der Waals surface area contributed by atoms with Crippen LogP contribution >= 0.6 is 0 Å². The molecule has 0 aromatic heterocycles. The minimum atomic E-state index is 0.00435. The lowest BCUT2D eigenvalue weighted by Gasteiger charge is -2.39. The van der Waals surface area contributed by atoms with Gasteiger partial charge >= 0.3 is 0 Å². The third-order valence-electron chi connectivity index (χ3n) is 4.72. The summed E-state index contributed by atoms with van der Waals surface area (Å²) in [5.41, 5.74) is 1.36. The average Bonchev–Trinajstić information content (AvgIpc) is 3.21. The molecule has 0 spiro atoms. The fourth-order valence-corrected chi connectivity index (χ4v) is 3.49. The summed E-state index contributed by atoms with van der Waals surface area (Å²) in [4.78, 5) is 0. The van der Waals surface area contributed by atoms with Gasteiger partial charge in [0.25, 0.3) is 0 Å². The number of hydrogen-bond acceptors (Lipinski definition) is 4. The SMILES string of the molecule is CNC(CC1=COCO1)(Cc1ccccc1)C1CCNC1. The molecule has 0 saturated carbocycles. The van der Waals surface area contributed by atoms with Crippen LogP contribution in [0.15, 0.2) is 42.4 Å². The highest BCUT2D eigenvalue weighted by Crippen LogP contribution is 2.34. The van der Waals surface area contributed by atoms with Gasteiger partial charge in [-0.15, -0.1) is 0 Å². The second kappa shape index (κ2) is 6.50. The molecule has 21 heavy (non-hydrogen) atoms. The number of nitrogens with one attached hydrogen (secondary N) is 2. The van der Waals surface area contributed by atoms with E-state index in [1.165, 1.54) is 12.0 Å². The van der Waals surface area contributed by atoms with E-state index in [4.69, 9.17) is 9.47 Å². The van der Waals surface area contributed by atoms with Gasteiger partial charge in [0.1, 0.15) is 12.0 Å². The number of benzene rings is 1. The minimum Gasteiger partial charge on any atom is -0.462 e. The predicted molar refractivity (Wildman–Crippen MR) is 82.7 cm³/mol. The molecule has 3 rings (SSSR count). The summed E-state index contributed by atoms with van der Waals surface area (Å²) in [6.45, 7) is 2.50. The van der Waals surface area contributed by atoms with E-state index in [0.29, 0.717) is 12.7 Å². The lowest BCUT2D eigenvalue weighted by atomic mass is 9.75. The Bertz CT molecular complexity index is 483. The molecule has 2 unspecified atom stereocenters. The third kappa shape index (κ3) is 3.22. The Labute approximate surface area is 126 Å². The first-order valence-corrected chi connectivity index (χ1v) is 7.69. The summed E-state index contributed by atoms with van der Waals surface area (Å²) < 4.78 is 10.8. The van der Waals surface area contributed by atoms with E-state index in [-0.39, 0.29) is 5.54 Å². The maximum atomic E-state index is 5.59. The summed E-state index contributed by atoms with van der Waals surface area (Å²) >= 11 is 0. The predicted octanol–water partition coefficient (Wildman–Crippen LogP) is 2.03. The van der Waals surface area contributed by atoms with Gasteiger partial charge in [0.05, 0.1) is 0 Å². The van der Waals surface area contributed by atoms with Crippen molar-refractivity contribution in [3.63, 3.8) is 0 Å². The van der Waals surface area contributed by atoms with E-state index in [1.54, 1.807) is 6.26 Å². The molecule has 1 fully saturated rings. The molecule has 4 heteroatoms. The van der Waals surface area contributed by atoms with Crippen LogP contribution in [0.3, 0.4) is 0 Å². The summed E-state index contributed by atoms with van der Waals surface area (Å²) in [7, 11) is 2.07. The van der Waals surface area contributed by atoms with E-state index in [2.05, 4.69) is 48.0 Å². The fraction of sp³-hybridized carbons (Fsp3) is 0.529. The Hall–Kier alpha value is -1.52. The molecule has 1 saturated heterocycles. The molecule has 1 aromatic rings. The van der Waals surface area contributed by atoms with Crippen molar-refractivity contribution < 1.29 is 9.47 Å². The van der Waals surface area contributed by atoms with Crippen LogP contribution in [-0.4, -0.2) is 32.5 Å². The summed E-state index contributed by atoms with van der Waals surface area (Å²) in [5.74, 6) is 1.54. The molecular formula is C17H24N2O2. The van der Waals surface area contributed by atoms with Crippen LogP contribution in [0.4, 0.5) is 0 Å². The molecule has 2 heterocycles. The molecule has 1 aromatic carbocycles. The van der Waals surface area contributed by atoms with Crippen molar-refractivity contribution in [1.29, 1.82) is 0 Å². The Kier molecular flexibility index (Phi) is 4.46. The Morgan fingerprint density at radius 2 is 2.14 bits per heavy atom. The molecular weight excluding hydrogens is 264 g/mol. The third-order valence-corrected chi connectivity index (χ3v) is 4.72. The lowest BCUT2D eigenvalue weighted by Crippen LogP contribution is -2.52. The van der Waals surface area contributed by atoms with Crippen LogP contribution in [0.25, 0.3) is 0 Å². The quantitative estimate of drug-likeness (QED) is 0.840. The zero-order valence-electron chi connectivity index (χ0n) is 12.6. The summed E-state index contributed by atoms with van der Waals surface area (Å²) in [6, 6.07) is 10.7. The second-order valence-corrected chi connectivity index (χ2v) is 5.95. The molecule has 2 aliphatic rings. The zero-order valence-corrected chi connectivity index (χ0v) is 12.6. The number of hydrogen-bond donors (Lipinski definition) is 2. The van der Waals surface area contributed by atoms with Crippen LogP contribution in [0, 0.1) is 5.92 Å². The Balaban J connectivity index is 1.84. The maximum Gasteiger partial charge on any atom is 0.229 e. The van der Waals surface area contributed by atoms with Crippen molar-refractivity contribution in [3.05, 3.63) is 47.9 Å². The molecule has 0 aliphatic carbocycles. The van der Waals surface area contributed by atoms with Gasteiger partial charge in [0, 0.05) is 12.0 Å². The van der Waals surface area contributed by atoms with Crippen LogP contribution in [-0.2, 0) is 15.9 Å². The van der Waals surface area contributed by atoms with Gasteiger partial charge in [-0.05, 0) is 44.5 Å². The van der Waals surface area contributed by atoms with Crippen LogP contribution in [0.1, 0.15) is 18.4 Å². The van der Waals surface area contributed by atoms with E-state index in [1.807, 2.05) is 0 Å². The monoisotopic (exact) mass is 288 g/mol. The van der Waals surface area contributed by atoms with Crippen molar-refractivity contribution in [2.24, 2.45) is 5.92 Å². The van der Waals surface area contributed by atoms with E-state index in [0.717, 1.165) is 31.7 Å². The summed E-state index contributed by atoms with van der Waals surface area (Å²) in [6.07, 6.45) is 4.82. The number of ether oxygens (including phenoxy) is 2. The van der Waals surface area contributed by atoms with Gasteiger partial charge in [-0.2, -0.15) is 0 Å². The first-order valence-electron chi connectivity index (χ1n) is 7.69. The van der Waals surface area contributed by atoms with Crippen molar-refractivity contribution in [1.82, 2.24) is 10.6 Å². The van der Waals surface area contributed by atoms with Crippen LogP contribution in [0.2, 0.25) is 0 Å². The van der Waals surface area contributed by atoms with Crippen molar-refractivity contribution in [2.45, 2.75) is 24.8 Å². The minimum absolute atomic E-state index is 0.00435. The van der Waals surface area contributed by atoms with Gasteiger partial charge in [0.2, 0.25) is 6.79 Å². The van der Waals surface area contributed by atoms with E-state index >= 15 is 0 Å². The highest BCUT2D eigenvalue weighted by Gasteiger charge is 2.40. The van der Waals surface area contributed by atoms with Crippen molar-refractivity contribution >= 4 is 0 Å². The lowest BCUT2D eigenvalue weighted by molar-refractivity contribution is 0.0695. The summed E-state index contributed by atoms with van der Waals surface area (Å²) in [5, 5.41) is 7.11. The van der Waals surface area contributed by atoms with E-state index < -0.39 is 0 Å². The molecule has 0 bridgehead atoms. The normalized spacial score (nSPS) is 24.0. The second-order valence-electron chi connectivity index (χ2n) is 5.95. The Morgan fingerprint density at radius 3 is 2.76 bits per heavy atom. The molecule has 0 amide bonds. The molecule has 0 radical (unpaired) electrons. The largest absolute Gasteiger partial charge is 0.462 e. The van der Waals surface area contributed by atoms with Gasteiger partial charge in [-0.1, -0.05) is 30.3 Å². The van der Waals surface area contributed by atoms with Crippen molar-refractivity contribution in [3.8, 4) is 0 Å². The highest BCUT2D eigenvalue weighted by molar-refractivity contribution is 5.20. The maximum absolute atomic E-state index is 5.59.